The van der Waals surface area contributed by atoms with E-state index in [1.54, 1.807) is 6.92 Å². The van der Waals surface area contributed by atoms with Crippen LogP contribution in [0, 0.1) is 6.92 Å². The minimum Gasteiger partial charge on any atom is -0.468 e. The zero-order valence-electron chi connectivity index (χ0n) is 5.14. The number of hydrogen-bond donors (Lipinski definition) is 0. The Morgan fingerprint density at radius 1 is 1.75 bits per heavy atom. The molecule has 0 atom stereocenters. The van der Waals surface area contributed by atoms with Gasteiger partial charge in [0, 0.05) is 19.5 Å². The second-order valence-corrected chi connectivity index (χ2v) is 1.06. The topological polar surface area (TPSA) is 26.3 Å². The molecule has 0 saturated carbocycles. The van der Waals surface area contributed by atoms with Crippen molar-refractivity contribution in [1.29, 1.82) is 0 Å². The molecule has 3 heteroatoms. The monoisotopic (exact) mass is 165 g/mol. The van der Waals surface area contributed by atoms with E-state index >= 15 is 0 Å². The summed E-state index contributed by atoms with van der Waals surface area (Å²) in [4.78, 5) is 10.1. The van der Waals surface area contributed by atoms with Crippen molar-refractivity contribution < 1.29 is 29.0 Å². The summed E-state index contributed by atoms with van der Waals surface area (Å²) >= 11 is 0. The van der Waals surface area contributed by atoms with Gasteiger partial charge in [-0.1, -0.05) is 6.42 Å². The summed E-state index contributed by atoms with van der Waals surface area (Å²) in [6.07, 6.45) is 0.230. The quantitative estimate of drug-likeness (QED) is 0.344. The van der Waals surface area contributed by atoms with Crippen LogP contribution in [0.2, 0.25) is 0 Å². The first-order valence-corrected chi connectivity index (χ1v) is 2.26. The Morgan fingerprint density at radius 2 is 2.25 bits per heavy atom. The zero-order chi connectivity index (χ0) is 5.70. The average molecular weight is 167 g/mol. The van der Waals surface area contributed by atoms with E-state index in [2.05, 4.69) is 11.7 Å². The van der Waals surface area contributed by atoms with Crippen molar-refractivity contribution >= 4 is 5.97 Å². The van der Waals surface area contributed by atoms with Crippen LogP contribution in [0.15, 0.2) is 0 Å². The number of carbonyl (C=O) groups is 1. The Bertz CT molecular complexity index is 63.4. The summed E-state index contributed by atoms with van der Waals surface area (Å²) in [6.45, 7) is 5.55. The van der Waals surface area contributed by atoms with Gasteiger partial charge in [0.1, 0.15) is 0 Å². The van der Waals surface area contributed by atoms with Crippen LogP contribution in [0.5, 0.6) is 0 Å². The van der Waals surface area contributed by atoms with E-state index in [4.69, 9.17) is 0 Å². The summed E-state index contributed by atoms with van der Waals surface area (Å²) in [6, 6.07) is 0. The third kappa shape index (κ3) is 6.09. The Hall–Kier alpha value is 0.0934. The molecule has 2 nitrogen and oxygen atoms in total. The fourth-order valence-corrected chi connectivity index (χ4v) is 0.233. The molecule has 44 valence electrons. The van der Waals surface area contributed by atoms with Gasteiger partial charge in [0.25, 0.3) is 5.97 Å². The van der Waals surface area contributed by atoms with E-state index in [1.165, 1.54) is 0 Å². The normalized spacial score (nSPS) is 7.25. The summed E-state index contributed by atoms with van der Waals surface area (Å²) in [5, 5.41) is 0. The van der Waals surface area contributed by atoms with Gasteiger partial charge in [0.05, 0.1) is 6.61 Å². The van der Waals surface area contributed by atoms with Crippen molar-refractivity contribution in [3.8, 4) is 0 Å². The van der Waals surface area contributed by atoms with Crippen molar-refractivity contribution in [1.82, 2.24) is 0 Å². The van der Waals surface area contributed by atoms with E-state index < -0.39 is 0 Å². The molecule has 0 rings (SSSR count). The SMILES string of the molecule is [CH2-]CC(=O)OCC.[Zn]. The van der Waals surface area contributed by atoms with Crippen LogP contribution in [0.4, 0.5) is 0 Å². The minimum absolute atomic E-state index is 0. The number of rotatable bonds is 2. The van der Waals surface area contributed by atoms with Crippen LogP contribution < -0.4 is 0 Å². The second kappa shape index (κ2) is 7.09. The molecule has 0 unspecified atom stereocenters. The molecule has 0 amide bonds. The summed E-state index contributed by atoms with van der Waals surface area (Å²) in [5.74, 6) is -0.234. The predicted molar refractivity (Wildman–Crippen MR) is 26.6 cm³/mol. The third-order valence-corrected chi connectivity index (χ3v) is 0.509. The Morgan fingerprint density at radius 3 is 2.38 bits per heavy atom. The maximum atomic E-state index is 10.1. The second-order valence-electron chi connectivity index (χ2n) is 1.06. The third-order valence-electron chi connectivity index (χ3n) is 0.509. The first-order chi connectivity index (χ1) is 3.31. The number of esters is 1. The molecule has 0 spiro atoms. The van der Waals surface area contributed by atoms with Crippen LogP contribution in [-0.2, 0) is 29.0 Å². The molecule has 0 aromatic carbocycles. The Balaban J connectivity index is 0. The Labute approximate surface area is 62.4 Å². The molecule has 0 radical (unpaired) electrons. The number of hydrogen-bond acceptors (Lipinski definition) is 2. The minimum atomic E-state index is -0.234. The Kier molecular flexibility index (Phi) is 9.72. The van der Waals surface area contributed by atoms with E-state index in [1.807, 2.05) is 0 Å². The first-order valence-electron chi connectivity index (χ1n) is 2.26. The molecule has 0 aromatic rings. The van der Waals surface area contributed by atoms with Gasteiger partial charge in [-0.25, -0.2) is 0 Å². The van der Waals surface area contributed by atoms with Crippen molar-refractivity contribution in [2.45, 2.75) is 13.3 Å². The maximum Gasteiger partial charge on any atom is 0.275 e. The van der Waals surface area contributed by atoms with Crippen LogP contribution in [0.1, 0.15) is 13.3 Å². The molecule has 8 heavy (non-hydrogen) atoms. The van der Waals surface area contributed by atoms with Crippen LogP contribution in [0.25, 0.3) is 0 Å². The van der Waals surface area contributed by atoms with Gasteiger partial charge in [-0.15, -0.1) is 0 Å². The fourth-order valence-electron chi connectivity index (χ4n) is 0.233. The molecule has 0 heterocycles. The summed E-state index contributed by atoms with van der Waals surface area (Å²) in [7, 11) is 0. The summed E-state index contributed by atoms with van der Waals surface area (Å²) in [5.41, 5.74) is 0. The molecule has 0 saturated heterocycles. The van der Waals surface area contributed by atoms with E-state index in [9.17, 15) is 4.79 Å². The standard InChI is InChI=1S/C5H9O2.Zn/c1-3-5(6)7-4-2;/h1,3-4H2,2H3;/q-1;. The summed E-state index contributed by atoms with van der Waals surface area (Å²) < 4.78 is 4.49. The predicted octanol–water partition coefficient (Wildman–Crippen LogP) is 0.771. The number of carbonyl (C=O) groups excluding carboxylic acids is 1. The molecule has 0 bridgehead atoms. The van der Waals surface area contributed by atoms with Gasteiger partial charge in [-0.3, -0.25) is 4.79 Å². The molecule has 0 aliphatic carbocycles. The van der Waals surface area contributed by atoms with Crippen molar-refractivity contribution in [3.05, 3.63) is 6.92 Å². The molecular formula is C5H9O2Zn-. The van der Waals surface area contributed by atoms with Crippen molar-refractivity contribution in [2.24, 2.45) is 0 Å². The van der Waals surface area contributed by atoms with Gasteiger partial charge >= 0.3 is 0 Å². The van der Waals surface area contributed by atoms with Crippen molar-refractivity contribution in [3.63, 3.8) is 0 Å². The zero-order valence-corrected chi connectivity index (χ0v) is 8.11. The van der Waals surface area contributed by atoms with Crippen LogP contribution >= 0.6 is 0 Å². The molecule has 0 aliphatic rings. The van der Waals surface area contributed by atoms with Gasteiger partial charge < -0.3 is 11.7 Å². The van der Waals surface area contributed by atoms with E-state index in [0.717, 1.165) is 0 Å². The average Bonchev–Trinajstić information content (AvgIpc) is 1.68. The van der Waals surface area contributed by atoms with E-state index in [-0.39, 0.29) is 31.9 Å². The van der Waals surface area contributed by atoms with Gasteiger partial charge in [-0.2, -0.15) is 0 Å². The smallest absolute Gasteiger partial charge is 0.275 e. The molecule has 0 aromatic heterocycles. The number of ether oxygens (including phenoxy) is 1. The van der Waals surface area contributed by atoms with Crippen LogP contribution in [0.3, 0.4) is 0 Å². The van der Waals surface area contributed by atoms with Gasteiger partial charge in [-0.05, 0) is 6.92 Å². The molecule has 0 aliphatic heterocycles. The maximum absolute atomic E-state index is 10.1. The first kappa shape index (κ1) is 11.0. The fraction of sp³-hybridized carbons (Fsp3) is 0.600. The molecule has 0 N–H and O–H groups in total. The van der Waals surface area contributed by atoms with Gasteiger partial charge in [0.15, 0.2) is 0 Å². The van der Waals surface area contributed by atoms with E-state index in [0.29, 0.717) is 6.61 Å². The largest absolute Gasteiger partial charge is 0.468 e. The van der Waals surface area contributed by atoms with Crippen molar-refractivity contribution in [2.75, 3.05) is 6.61 Å². The molecular weight excluding hydrogens is 157 g/mol. The molecule has 0 fully saturated rings. The van der Waals surface area contributed by atoms with Gasteiger partial charge in [0.2, 0.25) is 0 Å². The van der Waals surface area contributed by atoms with Crippen LogP contribution in [-0.4, -0.2) is 12.6 Å².